The minimum absolute atomic E-state index is 0.110. The van der Waals surface area contributed by atoms with Crippen molar-refractivity contribution in [3.8, 4) is 0 Å². The smallest absolute Gasteiger partial charge is 0.354 e. The van der Waals surface area contributed by atoms with E-state index in [1.807, 2.05) is 0 Å². The van der Waals surface area contributed by atoms with Crippen molar-refractivity contribution in [3.05, 3.63) is 40.3 Å². The predicted molar refractivity (Wildman–Crippen MR) is 92.8 cm³/mol. The lowest BCUT2D eigenvalue weighted by atomic mass is 10.0. The molecule has 26 heavy (non-hydrogen) atoms. The van der Waals surface area contributed by atoms with E-state index in [0.717, 1.165) is 6.07 Å². The second-order valence-electron chi connectivity index (χ2n) is 6.18. The molecule has 0 radical (unpaired) electrons. The van der Waals surface area contributed by atoms with Crippen LogP contribution in [-0.2, 0) is 13.2 Å². The Morgan fingerprint density at radius 3 is 2.81 bits per heavy atom. The number of hydrogen-bond acceptors (Lipinski definition) is 4. The van der Waals surface area contributed by atoms with Gasteiger partial charge in [0.15, 0.2) is 0 Å². The van der Waals surface area contributed by atoms with Gasteiger partial charge in [0.25, 0.3) is 5.91 Å². The van der Waals surface area contributed by atoms with Crippen LogP contribution in [0.2, 0.25) is 0 Å². The van der Waals surface area contributed by atoms with Crippen molar-refractivity contribution in [1.29, 1.82) is 0 Å². The van der Waals surface area contributed by atoms with E-state index in [-0.39, 0.29) is 28.8 Å². The molecule has 0 aliphatic carbocycles. The number of pyridine rings is 1. The number of amides is 1. The van der Waals surface area contributed by atoms with Gasteiger partial charge in [-0.05, 0) is 34.8 Å². The number of alkyl halides is 3. The van der Waals surface area contributed by atoms with Gasteiger partial charge >= 0.3 is 6.18 Å². The van der Waals surface area contributed by atoms with Gasteiger partial charge in [0.2, 0.25) is 0 Å². The van der Waals surface area contributed by atoms with Crippen LogP contribution in [0.15, 0.2) is 29.1 Å². The quantitative estimate of drug-likeness (QED) is 0.811. The zero-order chi connectivity index (χ0) is 18.9. The van der Waals surface area contributed by atoms with Gasteiger partial charge < -0.3 is 10.2 Å². The first-order valence-electron chi connectivity index (χ1n) is 8.01. The number of aryl methyl sites for hydroxylation is 1. The number of rotatable bonds is 3. The Labute approximate surface area is 156 Å². The van der Waals surface area contributed by atoms with Crippen LogP contribution >= 0.6 is 15.9 Å². The number of piperidine rings is 1. The van der Waals surface area contributed by atoms with Crippen LogP contribution in [0.4, 0.5) is 19.0 Å². The molecule has 10 heteroatoms. The highest BCUT2D eigenvalue weighted by atomic mass is 79.9. The fourth-order valence-electron chi connectivity index (χ4n) is 2.99. The molecule has 2 aromatic rings. The minimum atomic E-state index is -4.50. The summed E-state index contributed by atoms with van der Waals surface area (Å²) in [5.74, 6) is -0.397. The number of carbonyl (C=O) groups excluding carboxylic acids is 1. The molecular formula is C16H17BrF3N5O. The van der Waals surface area contributed by atoms with Crippen molar-refractivity contribution in [3.63, 3.8) is 0 Å². The molecule has 0 spiro atoms. The molecule has 2 aromatic heterocycles. The summed E-state index contributed by atoms with van der Waals surface area (Å²) in [5.41, 5.74) is -0.367. The number of halogens is 4. The first-order chi connectivity index (χ1) is 12.2. The van der Waals surface area contributed by atoms with Crippen molar-refractivity contribution < 1.29 is 18.0 Å². The Kier molecular flexibility index (Phi) is 5.22. The number of carbonyl (C=O) groups is 1. The maximum absolute atomic E-state index is 13.3. The average Bonchev–Trinajstić information content (AvgIpc) is 3.01. The van der Waals surface area contributed by atoms with Gasteiger partial charge in [-0.15, -0.1) is 0 Å². The monoisotopic (exact) mass is 431 g/mol. The Balaban J connectivity index is 1.76. The SMILES string of the molecule is Cn1cc(C(=O)NC2CCCN(c3ncc(Br)cc3C(F)(F)F)C2)cn1. The number of aromatic nitrogens is 3. The molecule has 1 aliphatic rings. The standard InChI is InChI=1S/C16H17BrF3N5O/c1-24-8-10(6-22-24)15(26)23-12-3-2-4-25(9-12)14-13(16(18,19)20)5-11(17)7-21-14/h5-8,12H,2-4,9H2,1H3,(H,23,26). The van der Waals surface area contributed by atoms with E-state index in [1.54, 1.807) is 18.1 Å². The molecule has 1 aliphatic heterocycles. The molecule has 6 nitrogen and oxygen atoms in total. The van der Waals surface area contributed by atoms with Crippen LogP contribution in [0.1, 0.15) is 28.8 Å². The molecule has 140 valence electrons. The lowest BCUT2D eigenvalue weighted by Gasteiger charge is -2.35. The fraction of sp³-hybridized carbons (Fsp3) is 0.438. The van der Waals surface area contributed by atoms with Crippen molar-refractivity contribution in [1.82, 2.24) is 20.1 Å². The van der Waals surface area contributed by atoms with Crippen LogP contribution in [-0.4, -0.2) is 39.8 Å². The number of hydrogen-bond donors (Lipinski definition) is 1. The van der Waals surface area contributed by atoms with Gasteiger partial charge in [-0.1, -0.05) is 0 Å². The lowest BCUT2D eigenvalue weighted by Crippen LogP contribution is -2.48. The van der Waals surface area contributed by atoms with Crippen molar-refractivity contribution in [2.45, 2.75) is 25.1 Å². The van der Waals surface area contributed by atoms with E-state index in [2.05, 4.69) is 31.3 Å². The average molecular weight is 432 g/mol. The molecule has 1 atom stereocenters. The normalized spacial score (nSPS) is 18.0. The van der Waals surface area contributed by atoms with Gasteiger partial charge in [-0.3, -0.25) is 9.48 Å². The summed E-state index contributed by atoms with van der Waals surface area (Å²) >= 11 is 3.04. The molecule has 0 saturated carbocycles. The van der Waals surface area contributed by atoms with Crippen LogP contribution in [0, 0.1) is 0 Å². The van der Waals surface area contributed by atoms with Crippen LogP contribution in [0.3, 0.4) is 0 Å². The first kappa shape index (κ1) is 18.7. The molecule has 1 N–H and O–H groups in total. The summed E-state index contributed by atoms with van der Waals surface area (Å²) in [6.07, 6.45) is 1.25. The molecule has 0 aromatic carbocycles. The van der Waals surface area contributed by atoms with E-state index >= 15 is 0 Å². The maximum atomic E-state index is 13.3. The second-order valence-corrected chi connectivity index (χ2v) is 7.10. The topological polar surface area (TPSA) is 63.1 Å². The molecule has 3 rings (SSSR count). The zero-order valence-electron chi connectivity index (χ0n) is 13.9. The zero-order valence-corrected chi connectivity index (χ0v) is 15.5. The van der Waals surface area contributed by atoms with Gasteiger partial charge in [-0.2, -0.15) is 18.3 Å². The second kappa shape index (κ2) is 7.26. The fourth-order valence-corrected chi connectivity index (χ4v) is 3.32. The molecule has 3 heterocycles. The van der Waals surface area contributed by atoms with Gasteiger partial charge in [0, 0.05) is 43.0 Å². The van der Waals surface area contributed by atoms with E-state index in [0.29, 0.717) is 24.9 Å². The first-order valence-corrected chi connectivity index (χ1v) is 8.80. The summed E-state index contributed by atoms with van der Waals surface area (Å²) in [4.78, 5) is 17.8. The van der Waals surface area contributed by atoms with Crippen LogP contribution in [0.5, 0.6) is 0 Å². The maximum Gasteiger partial charge on any atom is 0.419 e. The molecular weight excluding hydrogens is 415 g/mol. The van der Waals surface area contributed by atoms with Crippen molar-refractivity contribution >= 4 is 27.7 Å². The third-order valence-corrected chi connectivity index (χ3v) is 4.60. The molecule has 0 bridgehead atoms. The summed E-state index contributed by atoms with van der Waals surface area (Å²) in [6, 6.07) is 0.767. The highest BCUT2D eigenvalue weighted by molar-refractivity contribution is 9.10. The van der Waals surface area contributed by atoms with Crippen molar-refractivity contribution in [2.75, 3.05) is 18.0 Å². The van der Waals surface area contributed by atoms with E-state index < -0.39 is 11.7 Å². The molecule has 1 saturated heterocycles. The van der Waals surface area contributed by atoms with Crippen molar-refractivity contribution in [2.24, 2.45) is 7.05 Å². The van der Waals surface area contributed by atoms with Crippen LogP contribution in [0.25, 0.3) is 0 Å². The summed E-state index contributed by atoms with van der Waals surface area (Å²) in [5, 5.41) is 6.81. The van der Waals surface area contributed by atoms with Crippen LogP contribution < -0.4 is 10.2 Å². The highest BCUT2D eigenvalue weighted by Gasteiger charge is 2.37. The van der Waals surface area contributed by atoms with Gasteiger partial charge in [0.05, 0.1) is 17.3 Å². The Bertz CT molecular complexity index is 807. The largest absolute Gasteiger partial charge is 0.419 e. The third kappa shape index (κ3) is 4.17. The predicted octanol–water partition coefficient (Wildman–Crippen LogP) is 3.00. The molecule has 1 amide bonds. The van der Waals surface area contributed by atoms with E-state index in [9.17, 15) is 18.0 Å². The Hall–Kier alpha value is -2.10. The molecule has 1 unspecified atom stereocenters. The number of nitrogens with zero attached hydrogens (tertiary/aromatic N) is 4. The molecule has 1 fully saturated rings. The van der Waals surface area contributed by atoms with E-state index in [4.69, 9.17) is 0 Å². The Morgan fingerprint density at radius 1 is 1.38 bits per heavy atom. The van der Waals surface area contributed by atoms with Gasteiger partial charge in [0.1, 0.15) is 5.82 Å². The van der Waals surface area contributed by atoms with Gasteiger partial charge in [-0.25, -0.2) is 4.98 Å². The number of nitrogens with one attached hydrogen (secondary N) is 1. The number of anilines is 1. The Morgan fingerprint density at radius 2 is 2.15 bits per heavy atom. The summed E-state index contributed by atoms with van der Waals surface area (Å²) in [7, 11) is 1.71. The summed E-state index contributed by atoms with van der Waals surface area (Å²) in [6.45, 7) is 0.723. The highest BCUT2D eigenvalue weighted by Crippen LogP contribution is 2.37. The van der Waals surface area contributed by atoms with E-state index in [1.165, 1.54) is 17.1 Å². The lowest BCUT2D eigenvalue weighted by molar-refractivity contribution is -0.137. The third-order valence-electron chi connectivity index (χ3n) is 4.16. The summed E-state index contributed by atoms with van der Waals surface area (Å²) < 4.78 is 41.8. The minimum Gasteiger partial charge on any atom is -0.354 e.